The summed E-state index contributed by atoms with van der Waals surface area (Å²) in [5, 5.41) is 3.50. The predicted octanol–water partition coefficient (Wildman–Crippen LogP) is 2.49. The Balaban J connectivity index is 1.90. The van der Waals surface area contributed by atoms with Crippen molar-refractivity contribution in [2.45, 2.75) is 38.6 Å². The third kappa shape index (κ3) is 4.35. The molecule has 0 bridgehead atoms. The zero-order chi connectivity index (χ0) is 13.5. The van der Waals surface area contributed by atoms with E-state index in [1.807, 2.05) is 6.07 Å². The number of nitrogens with one attached hydrogen (secondary N) is 1. The minimum atomic E-state index is 0.507. The number of nitrogens with zero attached hydrogens (tertiary/aromatic N) is 2. The maximum absolute atomic E-state index is 5.49. The lowest BCUT2D eigenvalue weighted by molar-refractivity contribution is 0.143. The highest BCUT2D eigenvalue weighted by molar-refractivity contribution is 5.38. The van der Waals surface area contributed by atoms with Crippen molar-refractivity contribution in [3.63, 3.8) is 0 Å². The Morgan fingerprint density at radius 2 is 2.11 bits per heavy atom. The molecular formula is C14H23N3O2. The molecule has 0 radical (unpaired) electrons. The highest BCUT2D eigenvalue weighted by Crippen LogP contribution is 2.26. The van der Waals surface area contributed by atoms with Crippen molar-refractivity contribution in [3.8, 4) is 5.88 Å². The number of methoxy groups -OCH3 is 1. The Morgan fingerprint density at radius 1 is 1.26 bits per heavy atom. The van der Waals surface area contributed by atoms with E-state index in [-0.39, 0.29) is 0 Å². The number of anilines is 1. The topological polar surface area (TPSA) is 56.3 Å². The van der Waals surface area contributed by atoms with Gasteiger partial charge in [0.05, 0.1) is 6.61 Å². The molecule has 1 N–H and O–H groups in total. The molecule has 2 unspecified atom stereocenters. The first-order valence-electron chi connectivity index (χ1n) is 7.00. The minimum absolute atomic E-state index is 0.507. The monoisotopic (exact) mass is 265 g/mol. The van der Waals surface area contributed by atoms with E-state index in [2.05, 4.69) is 22.2 Å². The summed E-state index contributed by atoms with van der Waals surface area (Å²) in [6, 6.07) is 2.37. The van der Waals surface area contributed by atoms with Crippen LogP contribution in [0.5, 0.6) is 5.88 Å². The largest absolute Gasteiger partial charge is 0.475 e. The van der Waals surface area contributed by atoms with Crippen molar-refractivity contribution in [1.82, 2.24) is 9.97 Å². The van der Waals surface area contributed by atoms with Crippen molar-refractivity contribution >= 4 is 5.82 Å². The van der Waals surface area contributed by atoms with Gasteiger partial charge in [0.2, 0.25) is 5.88 Å². The fraction of sp³-hybridized carbons (Fsp3) is 0.714. The molecule has 19 heavy (non-hydrogen) atoms. The van der Waals surface area contributed by atoms with Gasteiger partial charge in [0.15, 0.2) is 0 Å². The average molecular weight is 265 g/mol. The molecule has 0 spiro atoms. The summed E-state index contributed by atoms with van der Waals surface area (Å²) in [6.07, 6.45) is 6.68. The molecule has 1 aliphatic rings. The fourth-order valence-corrected chi connectivity index (χ4v) is 2.45. The van der Waals surface area contributed by atoms with E-state index >= 15 is 0 Å². The molecule has 2 atom stereocenters. The zero-order valence-electron chi connectivity index (χ0n) is 11.8. The standard InChI is InChI=1S/C14H23N3O2/c1-11-5-3-4-6-12(11)17-13-9-14(16-10-15-13)19-8-7-18-2/h9-12H,3-8H2,1-2H3,(H,15,16,17). The van der Waals surface area contributed by atoms with Crippen LogP contribution < -0.4 is 10.1 Å². The third-order valence-corrected chi connectivity index (χ3v) is 3.62. The average Bonchev–Trinajstić information content (AvgIpc) is 2.42. The number of aromatic nitrogens is 2. The number of hydrogen-bond donors (Lipinski definition) is 1. The van der Waals surface area contributed by atoms with Gasteiger partial charge in [-0.25, -0.2) is 9.97 Å². The summed E-state index contributed by atoms with van der Waals surface area (Å²) in [4.78, 5) is 8.36. The highest BCUT2D eigenvalue weighted by atomic mass is 16.5. The van der Waals surface area contributed by atoms with Gasteiger partial charge in [0.1, 0.15) is 18.8 Å². The molecule has 0 aliphatic heterocycles. The van der Waals surface area contributed by atoms with Crippen molar-refractivity contribution in [1.29, 1.82) is 0 Å². The number of hydrogen-bond acceptors (Lipinski definition) is 5. The van der Waals surface area contributed by atoms with E-state index in [0.717, 1.165) is 5.82 Å². The number of rotatable bonds is 6. The highest BCUT2D eigenvalue weighted by Gasteiger charge is 2.21. The molecule has 0 amide bonds. The van der Waals surface area contributed by atoms with Gasteiger partial charge in [-0.2, -0.15) is 0 Å². The van der Waals surface area contributed by atoms with Crippen LogP contribution in [0.1, 0.15) is 32.6 Å². The Labute approximate surface area is 114 Å². The maximum atomic E-state index is 5.49. The molecular weight excluding hydrogens is 242 g/mol. The van der Waals surface area contributed by atoms with E-state index in [0.29, 0.717) is 31.1 Å². The van der Waals surface area contributed by atoms with Crippen molar-refractivity contribution in [2.75, 3.05) is 25.6 Å². The van der Waals surface area contributed by atoms with Crippen LogP contribution in [0.4, 0.5) is 5.82 Å². The first-order valence-corrected chi connectivity index (χ1v) is 7.00. The summed E-state index contributed by atoms with van der Waals surface area (Å²) in [5.74, 6) is 2.14. The summed E-state index contributed by atoms with van der Waals surface area (Å²) in [7, 11) is 1.65. The van der Waals surface area contributed by atoms with Crippen LogP contribution in [0.15, 0.2) is 12.4 Å². The third-order valence-electron chi connectivity index (χ3n) is 3.62. The van der Waals surface area contributed by atoms with Crippen LogP contribution in [0.25, 0.3) is 0 Å². The van der Waals surface area contributed by atoms with E-state index in [1.54, 1.807) is 7.11 Å². The van der Waals surface area contributed by atoms with E-state index in [1.165, 1.54) is 32.0 Å². The van der Waals surface area contributed by atoms with Crippen molar-refractivity contribution < 1.29 is 9.47 Å². The molecule has 5 nitrogen and oxygen atoms in total. The summed E-state index contributed by atoms with van der Waals surface area (Å²) in [5.41, 5.74) is 0. The lowest BCUT2D eigenvalue weighted by Crippen LogP contribution is -2.30. The molecule has 106 valence electrons. The molecule has 1 aromatic rings. The normalized spacial score (nSPS) is 23.1. The second-order valence-corrected chi connectivity index (χ2v) is 5.10. The van der Waals surface area contributed by atoms with Gasteiger partial charge in [0.25, 0.3) is 0 Å². The predicted molar refractivity (Wildman–Crippen MR) is 74.4 cm³/mol. The Morgan fingerprint density at radius 3 is 2.89 bits per heavy atom. The molecule has 0 aromatic carbocycles. The van der Waals surface area contributed by atoms with Gasteiger partial charge in [-0.15, -0.1) is 0 Å². The molecule has 5 heteroatoms. The molecule has 1 aromatic heterocycles. The molecule has 0 saturated heterocycles. The number of ether oxygens (including phenoxy) is 2. The SMILES string of the molecule is COCCOc1cc(NC2CCCCC2C)ncn1. The fourth-order valence-electron chi connectivity index (χ4n) is 2.45. The summed E-state index contributed by atoms with van der Waals surface area (Å²) < 4.78 is 10.4. The summed E-state index contributed by atoms with van der Waals surface area (Å²) in [6.45, 7) is 3.37. The van der Waals surface area contributed by atoms with Crippen LogP contribution in [0, 0.1) is 5.92 Å². The zero-order valence-corrected chi connectivity index (χ0v) is 11.8. The van der Waals surface area contributed by atoms with Gasteiger partial charge in [-0.05, 0) is 18.8 Å². The Hall–Kier alpha value is -1.36. The van der Waals surface area contributed by atoms with Crippen molar-refractivity contribution in [3.05, 3.63) is 12.4 Å². The quantitative estimate of drug-likeness (QED) is 0.801. The molecule has 1 aliphatic carbocycles. The van der Waals surface area contributed by atoms with Crippen LogP contribution in [0.2, 0.25) is 0 Å². The lowest BCUT2D eigenvalue weighted by atomic mass is 9.86. The molecule has 1 heterocycles. The molecule has 2 rings (SSSR count). The van der Waals surface area contributed by atoms with Crippen LogP contribution >= 0.6 is 0 Å². The molecule has 1 fully saturated rings. The molecule has 1 saturated carbocycles. The van der Waals surface area contributed by atoms with Crippen LogP contribution in [0.3, 0.4) is 0 Å². The van der Waals surface area contributed by atoms with Crippen LogP contribution in [-0.4, -0.2) is 36.3 Å². The van der Waals surface area contributed by atoms with E-state index in [4.69, 9.17) is 9.47 Å². The van der Waals surface area contributed by atoms with E-state index < -0.39 is 0 Å². The first kappa shape index (κ1) is 14.1. The van der Waals surface area contributed by atoms with E-state index in [9.17, 15) is 0 Å². The summed E-state index contributed by atoms with van der Waals surface area (Å²) >= 11 is 0. The second-order valence-electron chi connectivity index (χ2n) is 5.10. The lowest BCUT2D eigenvalue weighted by Gasteiger charge is -2.29. The van der Waals surface area contributed by atoms with Gasteiger partial charge in [-0.1, -0.05) is 19.8 Å². The van der Waals surface area contributed by atoms with Gasteiger partial charge < -0.3 is 14.8 Å². The second kappa shape index (κ2) is 7.28. The first-order chi connectivity index (χ1) is 9.29. The van der Waals surface area contributed by atoms with Crippen molar-refractivity contribution in [2.24, 2.45) is 5.92 Å². The van der Waals surface area contributed by atoms with Gasteiger partial charge in [0, 0.05) is 19.2 Å². The van der Waals surface area contributed by atoms with Crippen LogP contribution in [-0.2, 0) is 4.74 Å². The smallest absolute Gasteiger partial charge is 0.218 e. The Bertz CT molecular complexity index is 387. The Kier molecular flexibility index (Phi) is 5.39. The maximum Gasteiger partial charge on any atom is 0.218 e. The van der Waals surface area contributed by atoms with Gasteiger partial charge >= 0.3 is 0 Å². The minimum Gasteiger partial charge on any atom is -0.475 e. The van der Waals surface area contributed by atoms with Gasteiger partial charge in [-0.3, -0.25) is 0 Å².